The Morgan fingerprint density at radius 3 is 2.79 bits per heavy atom. The van der Waals surface area contributed by atoms with Crippen molar-refractivity contribution in [3.05, 3.63) is 43.8 Å². The molecule has 0 spiro atoms. The van der Waals surface area contributed by atoms with Gasteiger partial charge in [-0.15, -0.1) is 0 Å². The normalized spacial score (nSPS) is 10.5. The fourth-order valence-corrected chi connectivity index (χ4v) is 1.90. The molecule has 0 bridgehead atoms. The summed E-state index contributed by atoms with van der Waals surface area (Å²) in [5, 5.41) is 10.7. The Bertz CT molecular complexity index is 683. The Hall–Kier alpha value is -1.80. The predicted molar refractivity (Wildman–Crippen MR) is 71.2 cm³/mol. The van der Waals surface area contributed by atoms with E-state index >= 15 is 0 Å². The lowest BCUT2D eigenvalue weighted by molar-refractivity contribution is -0.384. The Morgan fingerprint density at radius 1 is 1.47 bits per heavy atom. The number of nitrogens with two attached hydrogens (primary N) is 1. The summed E-state index contributed by atoms with van der Waals surface area (Å²) < 4.78 is 14.4. The number of aromatic nitrogens is 2. The highest BCUT2D eigenvalue weighted by Crippen LogP contribution is 2.35. The van der Waals surface area contributed by atoms with Gasteiger partial charge in [0.25, 0.3) is 0 Å². The van der Waals surface area contributed by atoms with Gasteiger partial charge in [0.2, 0.25) is 5.95 Å². The van der Waals surface area contributed by atoms with E-state index in [1.165, 1.54) is 12.1 Å². The van der Waals surface area contributed by atoms with Crippen LogP contribution >= 0.6 is 27.5 Å². The summed E-state index contributed by atoms with van der Waals surface area (Å²) >= 11 is 8.79. The topological polar surface area (TPSA) is 94.9 Å². The minimum absolute atomic E-state index is 0.117. The molecule has 2 N–H and O–H groups in total. The number of nitrogen functional groups attached to an aromatic ring is 1. The van der Waals surface area contributed by atoms with E-state index < -0.39 is 16.4 Å². The molecule has 0 aliphatic heterocycles. The van der Waals surface area contributed by atoms with Crippen LogP contribution in [-0.4, -0.2) is 14.9 Å². The predicted octanol–water partition coefficient (Wildman–Crippen LogP) is 3.19. The van der Waals surface area contributed by atoms with Crippen molar-refractivity contribution in [1.82, 2.24) is 9.97 Å². The molecule has 0 unspecified atom stereocenters. The lowest BCUT2D eigenvalue weighted by Gasteiger charge is -2.06. The Balaban J connectivity index is 2.75. The van der Waals surface area contributed by atoms with Crippen LogP contribution in [-0.2, 0) is 0 Å². The molecule has 0 radical (unpaired) electrons. The van der Waals surface area contributed by atoms with Gasteiger partial charge < -0.3 is 5.73 Å². The molecule has 0 saturated carbocycles. The van der Waals surface area contributed by atoms with Gasteiger partial charge in [0.05, 0.1) is 9.95 Å². The second-order valence-electron chi connectivity index (χ2n) is 3.44. The number of benzene rings is 1. The summed E-state index contributed by atoms with van der Waals surface area (Å²) in [6.45, 7) is 0. The third-order valence-corrected chi connectivity index (χ3v) is 3.53. The van der Waals surface area contributed by atoms with Crippen LogP contribution in [0.15, 0.2) is 22.8 Å². The van der Waals surface area contributed by atoms with E-state index in [1.807, 2.05) is 0 Å². The molecule has 19 heavy (non-hydrogen) atoms. The molecule has 1 aromatic heterocycles. The molecule has 0 amide bonds. The van der Waals surface area contributed by atoms with E-state index in [0.717, 1.165) is 6.20 Å². The lowest BCUT2D eigenvalue weighted by atomic mass is 10.1. The van der Waals surface area contributed by atoms with Crippen molar-refractivity contribution < 1.29 is 9.31 Å². The van der Waals surface area contributed by atoms with Gasteiger partial charge in [-0.05, 0) is 28.1 Å². The first kappa shape index (κ1) is 13.6. The van der Waals surface area contributed by atoms with E-state index in [4.69, 9.17) is 17.3 Å². The molecule has 2 rings (SSSR count). The van der Waals surface area contributed by atoms with Crippen LogP contribution in [0.4, 0.5) is 16.0 Å². The van der Waals surface area contributed by atoms with Gasteiger partial charge in [-0.3, -0.25) is 10.1 Å². The van der Waals surface area contributed by atoms with Crippen molar-refractivity contribution in [2.75, 3.05) is 5.73 Å². The van der Waals surface area contributed by atoms with Gasteiger partial charge in [-0.25, -0.2) is 14.4 Å². The monoisotopic (exact) mass is 346 g/mol. The number of nitrogens with zero attached hydrogens (tertiary/aromatic N) is 3. The third-order valence-electron chi connectivity index (χ3n) is 2.28. The van der Waals surface area contributed by atoms with Crippen molar-refractivity contribution in [2.24, 2.45) is 0 Å². The van der Waals surface area contributed by atoms with Gasteiger partial charge in [-0.1, -0.05) is 11.6 Å². The Morgan fingerprint density at radius 2 is 2.16 bits per heavy atom. The molecule has 0 saturated heterocycles. The number of nitro groups is 1. The molecular formula is C10H5BrClFN4O2. The SMILES string of the molecule is Nc1ncc([N+](=O)[O-])c(-c2ccc(Br)c(Cl)c2F)n1. The van der Waals surface area contributed by atoms with Crippen LogP contribution in [0.5, 0.6) is 0 Å². The minimum Gasteiger partial charge on any atom is -0.368 e. The van der Waals surface area contributed by atoms with E-state index in [2.05, 4.69) is 25.9 Å². The Labute approximate surface area is 119 Å². The van der Waals surface area contributed by atoms with Crippen molar-refractivity contribution in [2.45, 2.75) is 0 Å². The first-order valence-electron chi connectivity index (χ1n) is 4.82. The summed E-state index contributed by atoms with van der Waals surface area (Å²) in [5.41, 5.74) is 4.59. The van der Waals surface area contributed by atoms with Crippen LogP contribution < -0.4 is 5.73 Å². The van der Waals surface area contributed by atoms with Gasteiger partial charge >= 0.3 is 5.69 Å². The summed E-state index contributed by atoms with van der Waals surface area (Å²) in [7, 11) is 0. The van der Waals surface area contributed by atoms with E-state index in [0.29, 0.717) is 4.47 Å². The number of halogens is 3. The molecule has 9 heteroatoms. The Kier molecular flexibility index (Phi) is 3.63. The first-order chi connectivity index (χ1) is 8.91. The lowest BCUT2D eigenvalue weighted by Crippen LogP contribution is -2.02. The fourth-order valence-electron chi connectivity index (χ4n) is 1.43. The standard InChI is InChI=1S/C10H5BrClFN4O2/c11-5-2-1-4(8(13)7(5)12)9-6(17(18)19)3-15-10(14)16-9/h1-3H,(H2,14,15,16). The average Bonchev–Trinajstić information content (AvgIpc) is 2.35. The third kappa shape index (κ3) is 2.49. The maximum atomic E-state index is 14.0. The average molecular weight is 348 g/mol. The molecular weight excluding hydrogens is 342 g/mol. The second-order valence-corrected chi connectivity index (χ2v) is 4.67. The zero-order valence-corrected chi connectivity index (χ0v) is 11.4. The molecule has 1 heterocycles. The van der Waals surface area contributed by atoms with E-state index in [1.54, 1.807) is 0 Å². The summed E-state index contributed by atoms with van der Waals surface area (Å²) in [6.07, 6.45) is 0.924. The molecule has 0 atom stereocenters. The van der Waals surface area contributed by atoms with Gasteiger partial charge in [0.15, 0.2) is 11.5 Å². The van der Waals surface area contributed by atoms with Gasteiger partial charge in [0.1, 0.15) is 6.20 Å². The quantitative estimate of drug-likeness (QED) is 0.511. The smallest absolute Gasteiger partial charge is 0.313 e. The highest BCUT2D eigenvalue weighted by atomic mass is 79.9. The van der Waals surface area contributed by atoms with Gasteiger partial charge in [0, 0.05) is 10.0 Å². The van der Waals surface area contributed by atoms with Crippen LogP contribution in [0.25, 0.3) is 11.3 Å². The zero-order chi connectivity index (χ0) is 14.2. The van der Waals surface area contributed by atoms with Crippen molar-refractivity contribution in [3.8, 4) is 11.3 Å². The molecule has 2 aromatic rings. The maximum Gasteiger partial charge on any atom is 0.313 e. The summed E-state index contributed by atoms with van der Waals surface area (Å²) in [4.78, 5) is 17.4. The van der Waals surface area contributed by atoms with Crippen molar-refractivity contribution in [3.63, 3.8) is 0 Å². The van der Waals surface area contributed by atoms with Gasteiger partial charge in [-0.2, -0.15) is 0 Å². The maximum absolute atomic E-state index is 14.0. The number of hydrogen-bond acceptors (Lipinski definition) is 5. The molecule has 0 aliphatic carbocycles. The molecule has 98 valence electrons. The summed E-state index contributed by atoms with van der Waals surface area (Å²) in [6, 6.07) is 2.78. The van der Waals surface area contributed by atoms with E-state index in [9.17, 15) is 14.5 Å². The summed E-state index contributed by atoms with van der Waals surface area (Å²) in [5.74, 6) is -1.02. The second kappa shape index (κ2) is 5.06. The first-order valence-corrected chi connectivity index (χ1v) is 5.99. The minimum atomic E-state index is -0.822. The van der Waals surface area contributed by atoms with Crippen LogP contribution in [0, 0.1) is 15.9 Å². The molecule has 1 aromatic carbocycles. The molecule has 0 fully saturated rings. The number of rotatable bonds is 2. The largest absolute Gasteiger partial charge is 0.368 e. The zero-order valence-electron chi connectivity index (χ0n) is 9.10. The highest BCUT2D eigenvalue weighted by molar-refractivity contribution is 9.10. The number of anilines is 1. The van der Waals surface area contributed by atoms with Crippen molar-refractivity contribution >= 4 is 39.2 Å². The van der Waals surface area contributed by atoms with Crippen molar-refractivity contribution in [1.29, 1.82) is 0 Å². The van der Waals surface area contributed by atoms with Crippen LogP contribution in [0.3, 0.4) is 0 Å². The van der Waals surface area contributed by atoms with Crippen LogP contribution in [0.1, 0.15) is 0 Å². The van der Waals surface area contributed by atoms with E-state index in [-0.39, 0.29) is 22.2 Å². The highest BCUT2D eigenvalue weighted by Gasteiger charge is 2.23. The number of hydrogen-bond donors (Lipinski definition) is 1. The molecule has 6 nitrogen and oxygen atoms in total. The fraction of sp³-hybridized carbons (Fsp3) is 0. The molecule has 0 aliphatic rings. The van der Waals surface area contributed by atoms with Crippen LogP contribution in [0.2, 0.25) is 5.02 Å².